The van der Waals surface area contributed by atoms with Crippen LogP contribution in [0.2, 0.25) is 0 Å². The molecule has 0 fully saturated rings. The largest absolute Gasteiger partial charge is 0.280 e. The molecule has 0 spiro atoms. The first kappa shape index (κ1) is 8.16. The molecule has 0 amide bonds. The number of aromatic nitrogens is 4. The molecule has 0 atom stereocenters. The van der Waals surface area contributed by atoms with Crippen LogP contribution in [0, 0.1) is 0 Å². The smallest absolute Gasteiger partial charge is 0.184 e. The average Bonchev–Trinajstić information content (AvgIpc) is 2.60. The SMILES string of the molecule is CCc1ncnc2n[nH]c(CC)c12. The van der Waals surface area contributed by atoms with Gasteiger partial charge in [-0.15, -0.1) is 0 Å². The Labute approximate surface area is 76.4 Å². The van der Waals surface area contributed by atoms with Gasteiger partial charge < -0.3 is 0 Å². The van der Waals surface area contributed by atoms with Crippen LogP contribution in [0.25, 0.3) is 11.0 Å². The van der Waals surface area contributed by atoms with Crippen molar-refractivity contribution >= 4 is 11.0 Å². The Kier molecular flexibility index (Phi) is 1.96. The molecule has 0 aliphatic heterocycles. The maximum Gasteiger partial charge on any atom is 0.184 e. The van der Waals surface area contributed by atoms with E-state index in [9.17, 15) is 0 Å². The molecule has 1 N–H and O–H groups in total. The highest BCUT2D eigenvalue weighted by Crippen LogP contribution is 2.17. The Morgan fingerprint density at radius 3 is 2.77 bits per heavy atom. The fourth-order valence-corrected chi connectivity index (χ4v) is 1.51. The van der Waals surface area contributed by atoms with Crippen LogP contribution in [-0.2, 0) is 12.8 Å². The lowest BCUT2D eigenvalue weighted by Gasteiger charge is -1.97. The first-order valence-electron chi connectivity index (χ1n) is 4.53. The summed E-state index contributed by atoms with van der Waals surface area (Å²) in [6.07, 6.45) is 3.43. The molecule has 4 heteroatoms. The van der Waals surface area contributed by atoms with Gasteiger partial charge in [0.25, 0.3) is 0 Å². The Morgan fingerprint density at radius 2 is 2.08 bits per heavy atom. The van der Waals surface area contributed by atoms with Gasteiger partial charge in [-0.1, -0.05) is 13.8 Å². The minimum absolute atomic E-state index is 0.781. The van der Waals surface area contributed by atoms with E-state index in [4.69, 9.17) is 0 Å². The van der Waals surface area contributed by atoms with Gasteiger partial charge >= 0.3 is 0 Å². The summed E-state index contributed by atoms with van der Waals surface area (Å²) in [5.74, 6) is 0. The van der Waals surface area contributed by atoms with E-state index in [-0.39, 0.29) is 0 Å². The molecule has 13 heavy (non-hydrogen) atoms. The van der Waals surface area contributed by atoms with E-state index < -0.39 is 0 Å². The highest BCUT2D eigenvalue weighted by Gasteiger charge is 2.08. The van der Waals surface area contributed by atoms with Crippen molar-refractivity contribution in [3.05, 3.63) is 17.7 Å². The van der Waals surface area contributed by atoms with Crippen LogP contribution in [0.1, 0.15) is 25.2 Å². The fraction of sp³-hybridized carbons (Fsp3) is 0.444. The molecular formula is C9H12N4. The van der Waals surface area contributed by atoms with Crippen molar-refractivity contribution in [1.82, 2.24) is 20.2 Å². The van der Waals surface area contributed by atoms with Crippen LogP contribution in [0.3, 0.4) is 0 Å². The second kappa shape index (κ2) is 3.12. The predicted molar refractivity (Wildman–Crippen MR) is 50.4 cm³/mol. The molecule has 0 aromatic carbocycles. The average molecular weight is 176 g/mol. The predicted octanol–water partition coefficient (Wildman–Crippen LogP) is 1.48. The van der Waals surface area contributed by atoms with Gasteiger partial charge in [-0.05, 0) is 12.8 Å². The van der Waals surface area contributed by atoms with E-state index in [1.807, 2.05) is 0 Å². The lowest BCUT2D eigenvalue weighted by atomic mass is 10.1. The molecule has 0 radical (unpaired) electrons. The Morgan fingerprint density at radius 1 is 1.23 bits per heavy atom. The Hall–Kier alpha value is -1.45. The number of aryl methyl sites for hydroxylation is 2. The normalized spacial score (nSPS) is 10.9. The van der Waals surface area contributed by atoms with Crippen molar-refractivity contribution < 1.29 is 0 Å². The number of aromatic amines is 1. The summed E-state index contributed by atoms with van der Waals surface area (Å²) in [7, 11) is 0. The summed E-state index contributed by atoms with van der Waals surface area (Å²) in [5.41, 5.74) is 2.99. The summed E-state index contributed by atoms with van der Waals surface area (Å²) in [6.45, 7) is 4.19. The molecule has 2 rings (SSSR count). The van der Waals surface area contributed by atoms with Crippen LogP contribution in [0.15, 0.2) is 6.33 Å². The third-order valence-corrected chi connectivity index (χ3v) is 2.19. The van der Waals surface area contributed by atoms with E-state index in [1.165, 1.54) is 0 Å². The van der Waals surface area contributed by atoms with Crippen LogP contribution < -0.4 is 0 Å². The molecule has 68 valence electrons. The molecule has 2 aromatic rings. The fourth-order valence-electron chi connectivity index (χ4n) is 1.51. The Balaban J connectivity index is 2.76. The van der Waals surface area contributed by atoms with Crippen LogP contribution >= 0.6 is 0 Å². The first-order chi connectivity index (χ1) is 6.36. The number of nitrogens with zero attached hydrogens (tertiary/aromatic N) is 3. The number of fused-ring (bicyclic) bond motifs is 1. The van der Waals surface area contributed by atoms with Gasteiger partial charge in [-0.25, -0.2) is 9.97 Å². The zero-order chi connectivity index (χ0) is 9.26. The highest BCUT2D eigenvalue weighted by atomic mass is 15.2. The summed E-state index contributed by atoms with van der Waals surface area (Å²) in [4.78, 5) is 8.34. The van der Waals surface area contributed by atoms with Gasteiger partial charge in [-0.3, -0.25) is 5.10 Å². The van der Waals surface area contributed by atoms with Crippen molar-refractivity contribution in [1.29, 1.82) is 0 Å². The maximum atomic E-state index is 4.24. The molecule has 4 nitrogen and oxygen atoms in total. The number of nitrogens with one attached hydrogen (secondary N) is 1. The lowest BCUT2D eigenvalue weighted by molar-refractivity contribution is 0.982. The van der Waals surface area contributed by atoms with Gasteiger partial charge in [0.2, 0.25) is 0 Å². The van der Waals surface area contributed by atoms with Crippen molar-refractivity contribution in [2.24, 2.45) is 0 Å². The highest BCUT2D eigenvalue weighted by molar-refractivity contribution is 5.79. The Bertz CT molecular complexity index is 418. The van der Waals surface area contributed by atoms with E-state index in [0.29, 0.717) is 0 Å². The topological polar surface area (TPSA) is 54.5 Å². The summed E-state index contributed by atoms with van der Waals surface area (Å²) >= 11 is 0. The third kappa shape index (κ3) is 1.18. The minimum Gasteiger partial charge on any atom is -0.280 e. The zero-order valence-corrected chi connectivity index (χ0v) is 7.83. The molecule has 0 saturated heterocycles. The van der Waals surface area contributed by atoms with Gasteiger partial charge in [0, 0.05) is 5.69 Å². The molecule has 0 saturated carbocycles. The van der Waals surface area contributed by atoms with Gasteiger partial charge in [-0.2, -0.15) is 5.10 Å². The lowest BCUT2D eigenvalue weighted by Crippen LogP contribution is -1.91. The quantitative estimate of drug-likeness (QED) is 0.754. The zero-order valence-electron chi connectivity index (χ0n) is 7.83. The maximum absolute atomic E-state index is 4.24. The summed E-state index contributed by atoms with van der Waals surface area (Å²) in [6, 6.07) is 0. The van der Waals surface area contributed by atoms with Gasteiger partial charge in [0.05, 0.1) is 11.1 Å². The van der Waals surface area contributed by atoms with E-state index in [0.717, 1.165) is 35.3 Å². The standard InChI is InChI=1S/C9H12N4/c1-3-6-8-7(4-2)12-13-9(8)11-5-10-6/h5H,3-4H2,1-2H3,(H,10,11,12,13). The van der Waals surface area contributed by atoms with E-state index >= 15 is 0 Å². The number of hydrogen-bond acceptors (Lipinski definition) is 3. The number of H-pyrrole nitrogens is 1. The van der Waals surface area contributed by atoms with Crippen LogP contribution in [0.4, 0.5) is 0 Å². The van der Waals surface area contributed by atoms with Crippen molar-refractivity contribution in [3.8, 4) is 0 Å². The van der Waals surface area contributed by atoms with Crippen molar-refractivity contribution in [2.45, 2.75) is 26.7 Å². The van der Waals surface area contributed by atoms with Crippen LogP contribution in [0.5, 0.6) is 0 Å². The molecule has 2 aromatic heterocycles. The van der Waals surface area contributed by atoms with E-state index in [1.54, 1.807) is 6.33 Å². The monoisotopic (exact) mass is 176 g/mol. The van der Waals surface area contributed by atoms with Crippen molar-refractivity contribution in [2.75, 3.05) is 0 Å². The number of rotatable bonds is 2. The molecule has 0 unspecified atom stereocenters. The molecule has 0 aliphatic rings. The molecule has 2 heterocycles. The second-order valence-electron chi connectivity index (χ2n) is 2.93. The minimum atomic E-state index is 0.781. The van der Waals surface area contributed by atoms with E-state index in [2.05, 4.69) is 34.0 Å². The second-order valence-corrected chi connectivity index (χ2v) is 2.93. The molecule has 0 aliphatic carbocycles. The van der Waals surface area contributed by atoms with Gasteiger partial charge in [0.15, 0.2) is 5.65 Å². The molecule has 0 bridgehead atoms. The summed E-state index contributed by atoms with van der Waals surface area (Å²) in [5, 5.41) is 8.21. The van der Waals surface area contributed by atoms with Gasteiger partial charge in [0.1, 0.15) is 6.33 Å². The van der Waals surface area contributed by atoms with Crippen LogP contribution in [-0.4, -0.2) is 20.2 Å². The molecular weight excluding hydrogens is 164 g/mol. The summed E-state index contributed by atoms with van der Waals surface area (Å²) < 4.78 is 0. The number of hydrogen-bond donors (Lipinski definition) is 1. The third-order valence-electron chi connectivity index (χ3n) is 2.19. The van der Waals surface area contributed by atoms with Crippen molar-refractivity contribution in [3.63, 3.8) is 0 Å². The first-order valence-corrected chi connectivity index (χ1v) is 4.53.